The number of methoxy groups -OCH3 is 1. The van der Waals surface area contributed by atoms with E-state index in [-0.39, 0.29) is 31.0 Å². The van der Waals surface area contributed by atoms with E-state index in [1.54, 1.807) is 13.3 Å². The molecule has 0 bridgehead atoms. The number of H-pyrrole nitrogens is 1. The molecule has 0 radical (unpaired) electrons. The van der Waals surface area contributed by atoms with Gasteiger partial charge in [-0.3, -0.25) is 4.79 Å². The molecule has 1 amide bonds. The van der Waals surface area contributed by atoms with Crippen LogP contribution in [0.3, 0.4) is 0 Å². The van der Waals surface area contributed by atoms with Crippen LogP contribution in [0.5, 0.6) is 5.75 Å². The lowest BCUT2D eigenvalue weighted by molar-refractivity contribution is -0.123. The number of hydrogen-bond acceptors (Lipinski definition) is 4. The molecule has 162 valence electrons. The number of carbonyl (C=O) groups excluding carboxylic acids is 1. The van der Waals surface area contributed by atoms with Crippen LogP contribution in [-0.2, 0) is 11.3 Å². The van der Waals surface area contributed by atoms with E-state index < -0.39 is 0 Å². The van der Waals surface area contributed by atoms with Gasteiger partial charge in [0.1, 0.15) is 17.9 Å². The zero-order chi connectivity index (χ0) is 22.0. The largest absolute Gasteiger partial charge is 0.497 e. The lowest BCUT2D eigenvalue weighted by Crippen LogP contribution is -2.43. The second kappa shape index (κ2) is 8.81. The number of amides is 1. The number of aromatic nitrogens is 3. The van der Waals surface area contributed by atoms with Crippen LogP contribution in [0.1, 0.15) is 20.3 Å². The summed E-state index contributed by atoms with van der Waals surface area (Å²) in [6, 6.07) is 11.6. The van der Waals surface area contributed by atoms with Crippen LogP contribution in [-0.4, -0.2) is 45.3 Å². The van der Waals surface area contributed by atoms with Gasteiger partial charge >= 0.3 is 0 Å². The molecule has 1 aromatic carbocycles. The van der Waals surface area contributed by atoms with E-state index >= 15 is 0 Å². The molecule has 3 N–H and O–H groups in total. The van der Waals surface area contributed by atoms with Crippen molar-refractivity contribution in [1.29, 1.82) is 0 Å². The van der Waals surface area contributed by atoms with Crippen molar-refractivity contribution >= 4 is 27.8 Å². The second-order valence-corrected chi connectivity index (χ2v) is 7.92. The third kappa shape index (κ3) is 4.14. The van der Waals surface area contributed by atoms with Crippen LogP contribution >= 0.6 is 0 Å². The van der Waals surface area contributed by atoms with Gasteiger partial charge in [-0.15, -0.1) is 0 Å². The molecule has 2 atom stereocenters. The maximum absolute atomic E-state index is 12.8. The predicted molar refractivity (Wildman–Crippen MR) is 122 cm³/mol. The van der Waals surface area contributed by atoms with Crippen molar-refractivity contribution in [2.75, 3.05) is 13.7 Å². The number of ether oxygens (including phenoxy) is 1. The Hall–Kier alpha value is -3.32. The zero-order valence-electron chi connectivity index (χ0n) is 18.1. The number of aliphatic hydroxyl groups excluding tert-OH is 1. The minimum atomic E-state index is -0.251. The SMILES string of the molecule is CC[C@H](C)C(CO)NC(=O)Cn1cc(-c2cc3cccnc3[nH]2)c2cc(OC)ccc21. The first-order chi connectivity index (χ1) is 15.0. The number of carbonyl (C=O) groups is 1. The Morgan fingerprint density at radius 3 is 2.87 bits per heavy atom. The fourth-order valence-electron chi connectivity index (χ4n) is 3.91. The van der Waals surface area contributed by atoms with Gasteiger partial charge in [-0.05, 0) is 42.3 Å². The summed E-state index contributed by atoms with van der Waals surface area (Å²) in [6.45, 7) is 4.17. The van der Waals surface area contributed by atoms with Crippen molar-refractivity contribution in [2.45, 2.75) is 32.9 Å². The number of nitrogens with zero attached hydrogens (tertiary/aromatic N) is 2. The zero-order valence-corrected chi connectivity index (χ0v) is 18.1. The smallest absolute Gasteiger partial charge is 0.240 e. The first-order valence-electron chi connectivity index (χ1n) is 10.5. The van der Waals surface area contributed by atoms with E-state index in [2.05, 4.69) is 21.4 Å². The quantitative estimate of drug-likeness (QED) is 0.405. The molecule has 1 unspecified atom stereocenters. The molecule has 0 spiro atoms. The van der Waals surface area contributed by atoms with Gasteiger partial charge in [0.05, 0.1) is 19.8 Å². The van der Waals surface area contributed by atoms with Gasteiger partial charge in [0, 0.05) is 39.9 Å². The average molecular weight is 421 g/mol. The van der Waals surface area contributed by atoms with Gasteiger partial charge in [0.25, 0.3) is 0 Å². The second-order valence-electron chi connectivity index (χ2n) is 7.92. The molecule has 0 aliphatic rings. The minimum absolute atomic E-state index is 0.0717. The van der Waals surface area contributed by atoms with Crippen molar-refractivity contribution in [2.24, 2.45) is 5.92 Å². The molecular weight excluding hydrogens is 392 g/mol. The summed E-state index contributed by atoms with van der Waals surface area (Å²) < 4.78 is 7.36. The van der Waals surface area contributed by atoms with Crippen LogP contribution in [0, 0.1) is 5.92 Å². The van der Waals surface area contributed by atoms with Crippen LogP contribution in [0.4, 0.5) is 0 Å². The monoisotopic (exact) mass is 420 g/mol. The van der Waals surface area contributed by atoms with E-state index in [0.29, 0.717) is 0 Å². The van der Waals surface area contributed by atoms with Crippen LogP contribution < -0.4 is 10.1 Å². The average Bonchev–Trinajstić information content (AvgIpc) is 3.37. The number of rotatable bonds is 8. The first-order valence-corrected chi connectivity index (χ1v) is 10.5. The Morgan fingerprint density at radius 1 is 1.32 bits per heavy atom. The molecule has 0 fully saturated rings. The van der Waals surface area contributed by atoms with Crippen molar-refractivity contribution < 1.29 is 14.6 Å². The molecule has 31 heavy (non-hydrogen) atoms. The number of nitrogens with one attached hydrogen (secondary N) is 2. The van der Waals surface area contributed by atoms with Gasteiger partial charge in [-0.2, -0.15) is 0 Å². The van der Waals surface area contributed by atoms with E-state index in [0.717, 1.165) is 45.4 Å². The molecule has 0 aliphatic heterocycles. The molecule has 4 aromatic rings. The van der Waals surface area contributed by atoms with E-state index in [1.165, 1.54) is 0 Å². The van der Waals surface area contributed by atoms with E-state index in [4.69, 9.17) is 4.74 Å². The maximum atomic E-state index is 12.8. The molecule has 7 heteroatoms. The van der Waals surface area contributed by atoms with Crippen LogP contribution in [0.25, 0.3) is 33.2 Å². The molecular formula is C24H28N4O3. The number of pyridine rings is 1. The summed E-state index contributed by atoms with van der Waals surface area (Å²) >= 11 is 0. The molecule has 0 saturated heterocycles. The maximum Gasteiger partial charge on any atom is 0.240 e. The lowest BCUT2D eigenvalue weighted by Gasteiger charge is -2.22. The van der Waals surface area contributed by atoms with E-state index in [1.807, 2.05) is 54.9 Å². The minimum Gasteiger partial charge on any atom is -0.497 e. The lowest BCUT2D eigenvalue weighted by atomic mass is 10.00. The fourth-order valence-corrected chi connectivity index (χ4v) is 3.91. The highest BCUT2D eigenvalue weighted by Crippen LogP contribution is 2.34. The number of fused-ring (bicyclic) bond motifs is 2. The van der Waals surface area contributed by atoms with Crippen molar-refractivity contribution in [3.63, 3.8) is 0 Å². The van der Waals surface area contributed by atoms with E-state index in [9.17, 15) is 9.90 Å². The van der Waals surface area contributed by atoms with Crippen molar-refractivity contribution in [3.05, 3.63) is 48.8 Å². The van der Waals surface area contributed by atoms with Gasteiger partial charge in [-0.1, -0.05) is 20.3 Å². The van der Waals surface area contributed by atoms with Crippen molar-refractivity contribution in [3.8, 4) is 17.0 Å². The van der Waals surface area contributed by atoms with Gasteiger partial charge in [0.2, 0.25) is 5.91 Å². The molecule has 3 aromatic heterocycles. The van der Waals surface area contributed by atoms with Crippen LogP contribution in [0.15, 0.2) is 48.8 Å². The fraction of sp³-hybridized carbons (Fsp3) is 0.333. The third-order valence-corrected chi connectivity index (χ3v) is 5.96. The summed E-state index contributed by atoms with van der Waals surface area (Å²) in [6.07, 6.45) is 4.62. The Kier molecular flexibility index (Phi) is 5.95. The molecule has 4 rings (SSSR count). The predicted octanol–water partition coefficient (Wildman–Crippen LogP) is 3.72. The Balaban J connectivity index is 1.72. The topological polar surface area (TPSA) is 92.2 Å². The van der Waals surface area contributed by atoms with Gasteiger partial charge in [-0.25, -0.2) is 4.98 Å². The number of hydrogen-bond donors (Lipinski definition) is 3. The van der Waals surface area contributed by atoms with Crippen molar-refractivity contribution in [1.82, 2.24) is 19.9 Å². The molecule has 0 aliphatic carbocycles. The standard InChI is InChI=1S/C24H28N4O3/c1-4-15(2)21(14-29)26-23(30)13-28-12-19(18-11-17(31-3)7-8-22(18)28)20-10-16-6-5-9-25-24(16)27-20/h5-12,15,21,29H,4,13-14H2,1-3H3,(H,25,27)(H,26,30)/t15-,21?/m0/s1. The van der Waals surface area contributed by atoms with Gasteiger partial charge in [0.15, 0.2) is 0 Å². The summed E-state index contributed by atoms with van der Waals surface area (Å²) in [5.41, 5.74) is 3.65. The summed E-state index contributed by atoms with van der Waals surface area (Å²) in [5.74, 6) is 0.827. The normalized spacial score (nSPS) is 13.4. The summed E-state index contributed by atoms with van der Waals surface area (Å²) in [5, 5.41) is 14.6. The third-order valence-electron chi connectivity index (χ3n) is 5.96. The number of benzene rings is 1. The highest BCUT2D eigenvalue weighted by atomic mass is 16.5. The highest BCUT2D eigenvalue weighted by molar-refractivity contribution is 5.99. The van der Waals surface area contributed by atoms with Gasteiger partial charge < -0.3 is 24.7 Å². The first kappa shape index (κ1) is 20.9. The number of aliphatic hydroxyl groups is 1. The summed E-state index contributed by atoms with van der Waals surface area (Å²) in [7, 11) is 1.64. The molecule has 0 saturated carbocycles. The Bertz CT molecular complexity index is 1180. The summed E-state index contributed by atoms with van der Waals surface area (Å²) in [4.78, 5) is 20.5. The Labute approximate surface area is 181 Å². The number of aromatic amines is 1. The highest BCUT2D eigenvalue weighted by Gasteiger charge is 2.19. The molecule has 3 heterocycles. The Morgan fingerprint density at radius 2 is 2.16 bits per heavy atom. The van der Waals surface area contributed by atoms with Crippen LogP contribution in [0.2, 0.25) is 0 Å². The molecule has 7 nitrogen and oxygen atoms in total.